The average Bonchev–Trinajstić information content (AvgIpc) is 3.02. The summed E-state index contributed by atoms with van der Waals surface area (Å²) >= 11 is 0. The van der Waals surface area contributed by atoms with Crippen LogP contribution >= 0.6 is 0 Å². The number of carbonyl (C=O) groups excluding carboxylic acids is 7. The standard InChI is InChI=1S/C33H42O18/c1-16(34)41-14-24-26(44-18(3)36)28(45-19(4)37)31(48-22(7)40)33(50-24)51-27-25(15-42-17(2)35)49-32(43-13-23-11-9-8-10-12-23)30(47-21(6)39)29(27)46-20(5)38/h8-12,24-33H,13-15H2,1-7H3. The molecule has 2 heterocycles. The Hall–Kier alpha value is -4.65. The predicted octanol–water partition coefficient (Wildman–Crippen LogP) is 0.823. The molecule has 1 aromatic rings. The molecule has 0 spiro atoms. The van der Waals surface area contributed by atoms with Crippen molar-refractivity contribution in [1.29, 1.82) is 0 Å². The van der Waals surface area contributed by atoms with Crippen molar-refractivity contribution in [2.24, 2.45) is 0 Å². The number of carbonyl (C=O) groups is 7. The molecule has 0 N–H and O–H groups in total. The van der Waals surface area contributed by atoms with E-state index in [0.717, 1.165) is 48.5 Å². The highest BCUT2D eigenvalue weighted by molar-refractivity contribution is 5.69. The summed E-state index contributed by atoms with van der Waals surface area (Å²) in [6.45, 7) is 6.41. The van der Waals surface area contributed by atoms with Gasteiger partial charge in [-0.15, -0.1) is 0 Å². The number of esters is 7. The topological polar surface area (TPSA) is 221 Å². The fraction of sp³-hybridized carbons (Fsp3) is 0.606. The highest BCUT2D eigenvalue weighted by Gasteiger charge is 2.57. The lowest BCUT2D eigenvalue weighted by Crippen LogP contribution is -2.67. The van der Waals surface area contributed by atoms with E-state index in [1.54, 1.807) is 30.3 Å². The van der Waals surface area contributed by atoms with Crippen LogP contribution < -0.4 is 0 Å². The van der Waals surface area contributed by atoms with Gasteiger partial charge in [0.2, 0.25) is 0 Å². The van der Waals surface area contributed by atoms with Gasteiger partial charge < -0.3 is 52.1 Å². The molecule has 0 bridgehead atoms. The Morgan fingerprint density at radius 2 is 0.882 bits per heavy atom. The van der Waals surface area contributed by atoms with E-state index in [9.17, 15) is 33.6 Å². The first-order valence-corrected chi connectivity index (χ1v) is 15.8. The molecule has 0 aliphatic carbocycles. The van der Waals surface area contributed by atoms with Crippen molar-refractivity contribution < 1.29 is 85.7 Å². The van der Waals surface area contributed by atoms with E-state index in [-0.39, 0.29) is 6.61 Å². The van der Waals surface area contributed by atoms with Gasteiger partial charge in [-0.05, 0) is 5.56 Å². The second-order valence-electron chi connectivity index (χ2n) is 11.5. The van der Waals surface area contributed by atoms with Gasteiger partial charge in [-0.1, -0.05) is 30.3 Å². The van der Waals surface area contributed by atoms with Crippen molar-refractivity contribution in [1.82, 2.24) is 0 Å². The summed E-state index contributed by atoms with van der Waals surface area (Å²) in [5, 5.41) is 0. The summed E-state index contributed by atoms with van der Waals surface area (Å²) in [4.78, 5) is 85.4. The van der Waals surface area contributed by atoms with Gasteiger partial charge in [0, 0.05) is 48.5 Å². The number of hydrogen-bond donors (Lipinski definition) is 0. The summed E-state index contributed by atoms with van der Waals surface area (Å²) in [7, 11) is 0. The molecular weight excluding hydrogens is 684 g/mol. The van der Waals surface area contributed by atoms with E-state index < -0.39 is 116 Å². The molecule has 0 saturated carbocycles. The largest absolute Gasteiger partial charge is 0.463 e. The van der Waals surface area contributed by atoms with Crippen LogP contribution in [-0.2, 0) is 92.3 Å². The molecular formula is C33H42O18. The second kappa shape index (κ2) is 19.1. The highest BCUT2D eigenvalue weighted by atomic mass is 16.8. The third kappa shape index (κ3) is 12.6. The number of hydrogen-bond acceptors (Lipinski definition) is 18. The third-order valence-electron chi connectivity index (χ3n) is 7.14. The third-order valence-corrected chi connectivity index (χ3v) is 7.14. The van der Waals surface area contributed by atoms with E-state index >= 15 is 0 Å². The summed E-state index contributed by atoms with van der Waals surface area (Å²) < 4.78 is 62.4. The van der Waals surface area contributed by atoms with Gasteiger partial charge in [0.15, 0.2) is 43.1 Å². The van der Waals surface area contributed by atoms with Gasteiger partial charge in [0.25, 0.3) is 0 Å². The molecule has 1 aromatic carbocycles. The molecule has 2 aliphatic heterocycles. The van der Waals surface area contributed by atoms with Gasteiger partial charge in [-0.25, -0.2) is 0 Å². The lowest BCUT2D eigenvalue weighted by atomic mass is 9.96. The van der Waals surface area contributed by atoms with Crippen LogP contribution in [0.2, 0.25) is 0 Å². The molecule has 0 amide bonds. The zero-order chi connectivity index (χ0) is 37.8. The monoisotopic (exact) mass is 726 g/mol. The molecule has 0 aromatic heterocycles. The van der Waals surface area contributed by atoms with Gasteiger partial charge >= 0.3 is 41.8 Å². The van der Waals surface area contributed by atoms with Crippen LogP contribution in [0.5, 0.6) is 0 Å². The second-order valence-corrected chi connectivity index (χ2v) is 11.5. The number of benzene rings is 1. The molecule has 282 valence electrons. The Labute approximate surface area is 293 Å². The van der Waals surface area contributed by atoms with Crippen molar-refractivity contribution in [2.45, 2.75) is 116 Å². The summed E-state index contributed by atoms with van der Waals surface area (Å²) in [5.41, 5.74) is 0.708. The Morgan fingerprint density at radius 1 is 0.490 bits per heavy atom. The van der Waals surface area contributed by atoms with Crippen LogP contribution in [0.4, 0.5) is 0 Å². The molecule has 10 unspecified atom stereocenters. The predicted molar refractivity (Wildman–Crippen MR) is 164 cm³/mol. The van der Waals surface area contributed by atoms with Gasteiger partial charge in [0.1, 0.15) is 31.5 Å². The van der Waals surface area contributed by atoms with Crippen LogP contribution in [0.15, 0.2) is 30.3 Å². The molecule has 2 fully saturated rings. The number of ether oxygens (including phenoxy) is 11. The molecule has 2 aliphatic rings. The van der Waals surface area contributed by atoms with E-state index in [1.165, 1.54) is 0 Å². The minimum absolute atomic E-state index is 0.0540. The first-order valence-electron chi connectivity index (χ1n) is 15.8. The fourth-order valence-corrected chi connectivity index (χ4v) is 5.36. The van der Waals surface area contributed by atoms with Crippen molar-refractivity contribution >= 4 is 41.8 Å². The summed E-state index contributed by atoms with van der Waals surface area (Å²) in [5.74, 6) is -5.79. The van der Waals surface area contributed by atoms with Crippen molar-refractivity contribution in [3.05, 3.63) is 35.9 Å². The lowest BCUT2D eigenvalue weighted by molar-refractivity contribution is -0.362. The van der Waals surface area contributed by atoms with Crippen LogP contribution in [0.25, 0.3) is 0 Å². The van der Waals surface area contributed by atoms with Crippen LogP contribution in [0.3, 0.4) is 0 Å². The van der Waals surface area contributed by atoms with Crippen LogP contribution in [0.1, 0.15) is 54.0 Å². The van der Waals surface area contributed by atoms with E-state index in [2.05, 4.69) is 0 Å². The van der Waals surface area contributed by atoms with E-state index in [1.807, 2.05) is 0 Å². The molecule has 3 rings (SSSR count). The lowest BCUT2D eigenvalue weighted by Gasteiger charge is -2.48. The molecule has 2 saturated heterocycles. The van der Waals surface area contributed by atoms with Gasteiger partial charge in [-0.3, -0.25) is 33.6 Å². The average molecular weight is 727 g/mol. The molecule has 0 radical (unpaired) electrons. The zero-order valence-corrected chi connectivity index (χ0v) is 29.1. The smallest absolute Gasteiger partial charge is 0.303 e. The Balaban J connectivity index is 2.13. The minimum Gasteiger partial charge on any atom is -0.463 e. The molecule has 18 nitrogen and oxygen atoms in total. The first kappa shape index (κ1) is 40.8. The quantitative estimate of drug-likeness (QED) is 0.191. The van der Waals surface area contributed by atoms with Crippen molar-refractivity contribution in [3.8, 4) is 0 Å². The molecule has 18 heteroatoms. The van der Waals surface area contributed by atoms with Crippen LogP contribution in [0, 0.1) is 0 Å². The van der Waals surface area contributed by atoms with Crippen molar-refractivity contribution in [2.75, 3.05) is 13.2 Å². The molecule has 10 atom stereocenters. The maximum Gasteiger partial charge on any atom is 0.303 e. The highest BCUT2D eigenvalue weighted by Crippen LogP contribution is 2.35. The Morgan fingerprint density at radius 3 is 1.35 bits per heavy atom. The van der Waals surface area contributed by atoms with E-state index in [4.69, 9.17) is 52.1 Å². The fourth-order valence-electron chi connectivity index (χ4n) is 5.36. The molecule has 51 heavy (non-hydrogen) atoms. The number of rotatable bonds is 14. The Kier molecular flexibility index (Phi) is 15.3. The summed E-state index contributed by atoms with van der Waals surface area (Å²) in [6, 6.07) is 8.86. The maximum atomic E-state index is 12.5. The SMILES string of the molecule is CC(=O)OCC1OC(OC2C(COC(C)=O)OC(OCc3ccccc3)C(OC(C)=O)C2OC(C)=O)C(OC(C)=O)C(OC(C)=O)C1OC(C)=O. The van der Waals surface area contributed by atoms with Crippen LogP contribution in [-0.4, -0.2) is 116 Å². The minimum atomic E-state index is -1.78. The maximum absolute atomic E-state index is 12.5. The Bertz CT molecular complexity index is 1400. The van der Waals surface area contributed by atoms with Gasteiger partial charge in [-0.2, -0.15) is 0 Å². The van der Waals surface area contributed by atoms with Gasteiger partial charge in [0.05, 0.1) is 6.61 Å². The van der Waals surface area contributed by atoms with E-state index in [0.29, 0.717) is 5.56 Å². The first-order chi connectivity index (χ1) is 24.0. The van der Waals surface area contributed by atoms with Crippen molar-refractivity contribution in [3.63, 3.8) is 0 Å². The summed E-state index contributed by atoms with van der Waals surface area (Å²) in [6.07, 6.45) is -15.4. The normalized spacial score (nSPS) is 28.7. The zero-order valence-electron chi connectivity index (χ0n) is 29.1.